The molecule has 0 atom stereocenters. The van der Waals surface area contributed by atoms with Gasteiger partial charge in [-0.1, -0.05) is 32.6 Å². The maximum absolute atomic E-state index is 5.38. The molecule has 3 rings (SSSR count). The lowest BCUT2D eigenvalue weighted by Gasteiger charge is -2.44. The highest BCUT2D eigenvalue weighted by Crippen LogP contribution is 2.42. The lowest BCUT2D eigenvalue weighted by atomic mass is 9.74. The second-order valence-electron chi connectivity index (χ2n) is 8.41. The van der Waals surface area contributed by atoms with Crippen LogP contribution in [0.25, 0.3) is 0 Å². The van der Waals surface area contributed by atoms with Crippen molar-refractivity contribution >= 4 is 5.96 Å². The van der Waals surface area contributed by atoms with E-state index in [4.69, 9.17) is 9.73 Å². The maximum Gasteiger partial charge on any atom is 0.193 e. The molecular formula is C19H35N3O. The number of guanidine groups is 1. The Hall–Kier alpha value is -0.770. The van der Waals surface area contributed by atoms with Crippen molar-refractivity contribution in [2.45, 2.75) is 65.2 Å². The summed E-state index contributed by atoms with van der Waals surface area (Å²) in [6.07, 6.45) is 11.3. The minimum Gasteiger partial charge on any atom is -0.380 e. The van der Waals surface area contributed by atoms with Crippen LogP contribution in [0.15, 0.2) is 4.99 Å². The molecule has 0 unspecified atom stereocenters. The predicted molar refractivity (Wildman–Crippen MR) is 95.8 cm³/mol. The van der Waals surface area contributed by atoms with Crippen molar-refractivity contribution in [1.82, 2.24) is 10.2 Å². The van der Waals surface area contributed by atoms with Crippen LogP contribution in [0.1, 0.15) is 65.2 Å². The number of likely N-dealkylation sites (tertiary alicyclic amines) is 1. The molecule has 4 heteroatoms. The van der Waals surface area contributed by atoms with Crippen LogP contribution >= 0.6 is 0 Å². The van der Waals surface area contributed by atoms with Crippen LogP contribution in [0, 0.1) is 10.8 Å². The van der Waals surface area contributed by atoms with Crippen molar-refractivity contribution < 1.29 is 4.74 Å². The third kappa shape index (κ3) is 4.20. The lowest BCUT2D eigenvalue weighted by molar-refractivity contribution is -0.0946. The summed E-state index contributed by atoms with van der Waals surface area (Å²) < 4.78 is 5.38. The zero-order valence-corrected chi connectivity index (χ0v) is 15.2. The van der Waals surface area contributed by atoms with Crippen LogP contribution in [0.2, 0.25) is 0 Å². The number of piperidine rings is 1. The standard InChI is InChI=1S/C19H35N3O/c1-3-20-17(21-13-18(2)15-23-16-18)22-12-8-11-19(14-22)9-6-4-5-7-10-19/h3-16H2,1-2H3,(H,20,21). The average Bonchev–Trinajstić information content (AvgIpc) is 2.75. The largest absolute Gasteiger partial charge is 0.380 e. The monoisotopic (exact) mass is 321 g/mol. The van der Waals surface area contributed by atoms with Crippen molar-refractivity contribution in [3.63, 3.8) is 0 Å². The second kappa shape index (κ2) is 7.42. The molecule has 3 fully saturated rings. The van der Waals surface area contributed by atoms with Crippen LogP contribution in [-0.2, 0) is 4.74 Å². The van der Waals surface area contributed by atoms with E-state index in [0.29, 0.717) is 5.41 Å². The fourth-order valence-corrected chi connectivity index (χ4v) is 4.51. The number of nitrogens with one attached hydrogen (secondary N) is 1. The van der Waals surface area contributed by atoms with E-state index in [2.05, 4.69) is 24.1 Å². The van der Waals surface area contributed by atoms with E-state index >= 15 is 0 Å². The van der Waals surface area contributed by atoms with Gasteiger partial charge in [0.15, 0.2) is 5.96 Å². The zero-order valence-electron chi connectivity index (χ0n) is 15.2. The van der Waals surface area contributed by atoms with Gasteiger partial charge in [0.2, 0.25) is 0 Å². The summed E-state index contributed by atoms with van der Waals surface area (Å²) in [7, 11) is 0. The number of hydrogen-bond acceptors (Lipinski definition) is 2. The smallest absolute Gasteiger partial charge is 0.193 e. The molecule has 4 nitrogen and oxygen atoms in total. The van der Waals surface area contributed by atoms with Gasteiger partial charge in [-0.05, 0) is 38.0 Å². The summed E-state index contributed by atoms with van der Waals surface area (Å²) in [5, 5.41) is 3.55. The third-order valence-electron chi connectivity index (χ3n) is 5.97. The van der Waals surface area contributed by atoms with Crippen molar-refractivity contribution in [1.29, 1.82) is 0 Å². The van der Waals surface area contributed by atoms with Gasteiger partial charge in [0.1, 0.15) is 0 Å². The van der Waals surface area contributed by atoms with Crippen LogP contribution in [-0.4, -0.2) is 50.3 Å². The van der Waals surface area contributed by atoms with Crippen LogP contribution in [0.4, 0.5) is 0 Å². The number of ether oxygens (including phenoxy) is 1. The number of rotatable bonds is 3. The van der Waals surface area contributed by atoms with Gasteiger partial charge in [0.25, 0.3) is 0 Å². The molecule has 2 aliphatic heterocycles. The molecule has 2 saturated heterocycles. The van der Waals surface area contributed by atoms with E-state index in [1.54, 1.807) is 0 Å². The molecule has 0 bridgehead atoms. The molecule has 2 heterocycles. The van der Waals surface area contributed by atoms with E-state index in [0.717, 1.165) is 32.3 Å². The van der Waals surface area contributed by atoms with E-state index in [-0.39, 0.29) is 5.41 Å². The Morgan fingerprint density at radius 3 is 2.39 bits per heavy atom. The Morgan fingerprint density at radius 1 is 1.09 bits per heavy atom. The Kier molecular flexibility index (Phi) is 5.50. The van der Waals surface area contributed by atoms with Gasteiger partial charge < -0.3 is 15.0 Å². The topological polar surface area (TPSA) is 36.9 Å². The molecule has 3 aliphatic rings. The van der Waals surface area contributed by atoms with Crippen molar-refractivity contribution in [2.75, 3.05) is 39.4 Å². The second-order valence-corrected chi connectivity index (χ2v) is 8.41. The van der Waals surface area contributed by atoms with E-state index in [9.17, 15) is 0 Å². The van der Waals surface area contributed by atoms with Crippen LogP contribution in [0.3, 0.4) is 0 Å². The lowest BCUT2D eigenvalue weighted by Crippen LogP contribution is -2.51. The van der Waals surface area contributed by atoms with Crippen LogP contribution in [0.5, 0.6) is 0 Å². The molecule has 0 amide bonds. The first-order valence-electron chi connectivity index (χ1n) is 9.76. The molecular weight excluding hydrogens is 286 g/mol. The van der Waals surface area contributed by atoms with Crippen LogP contribution < -0.4 is 5.32 Å². The first-order chi connectivity index (χ1) is 11.1. The Labute approximate surface area is 142 Å². The summed E-state index contributed by atoms with van der Waals surface area (Å²) >= 11 is 0. The molecule has 1 aliphatic carbocycles. The molecule has 0 radical (unpaired) electrons. The molecule has 0 aromatic heterocycles. The van der Waals surface area contributed by atoms with Gasteiger partial charge in [-0.25, -0.2) is 0 Å². The first kappa shape index (κ1) is 17.1. The van der Waals surface area contributed by atoms with Gasteiger partial charge >= 0.3 is 0 Å². The number of hydrogen-bond donors (Lipinski definition) is 1. The highest BCUT2D eigenvalue weighted by atomic mass is 16.5. The van der Waals surface area contributed by atoms with Gasteiger partial charge in [-0.2, -0.15) is 0 Å². The minimum atomic E-state index is 0.260. The Bertz CT molecular complexity index is 409. The van der Waals surface area contributed by atoms with Gasteiger partial charge in [-0.3, -0.25) is 4.99 Å². The molecule has 0 aromatic rings. The predicted octanol–water partition coefficient (Wildman–Crippen LogP) is 3.42. The Morgan fingerprint density at radius 2 is 1.78 bits per heavy atom. The highest BCUT2D eigenvalue weighted by molar-refractivity contribution is 5.80. The third-order valence-corrected chi connectivity index (χ3v) is 5.97. The molecule has 1 saturated carbocycles. The molecule has 23 heavy (non-hydrogen) atoms. The van der Waals surface area contributed by atoms with E-state index in [1.165, 1.54) is 64.5 Å². The van der Waals surface area contributed by atoms with E-state index < -0.39 is 0 Å². The van der Waals surface area contributed by atoms with Crippen molar-refractivity contribution in [3.05, 3.63) is 0 Å². The van der Waals surface area contributed by atoms with Gasteiger partial charge in [-0.15, -0.1) is 0 Å². The first-order valence-corrected chi connectivity index (χ1v) is 9.76. The number of nitrogens with zero attached hydrogens (tertiary/aromatic N) is 2. The zero-order chi connectivity index (χ0) is 16.2. The average molecular weight is 322 g/mol. The summed E-state index contributed by atoms with van der Waals surface area (Å²) in [5.74, 6) is 1.14. The summed E-state index contributed by atoms with van der Waals surface area (Å²) in [5.41, 5.74) is 0.824. The molecule has 1 spiro atoms. The SMILES string of the molecule is CCNC(=NCC1(C)COC1)N1CCCC2(CCCCCC2)C1. The molecule has 1 N–H and O–H groups in total. The quantitative estimate of drug-likeness (QED) is 0.639. The summed E-state index contributed by atoms with van der Waals surface area (Å²) in [6.45, 7) is 10.4. The molecule has 0 aromatic carbocycles. The van der Waals surface area contributed by atoms with Gasteiger partial charge in [0, 0.05) is 25.0 Å². The van der Waals surface area contributed by atoms with Crippen molar-refractivity contribution in [3.8, 4) is 0 Å². The van der Waals surface area contributed by atoms with Gasteiger partial charge in [0.05, 0.1) is 19.8 Å². The maximum atomic E-state index is 5.38. The number of aliphatic imine (C=N–C) groups is 1. The summed E-state index contributed by atoms with van der Waals surface area (Å²) in [6, 6.07) is 0. The fraction of sp³-hybridized carbons (Fsp3) is 0.947. The normalized spacial score (nSPS) is 27.4. The highest BCUT2D eigenvalue weighted by Gasteiger charge is 2.37. The van der Waals surface area contributed by atoms with Crippen molar-refractivity contribution in [2.24, 2.45) is 15.8 Å². The fourth-order valence-electron chi connectivity index (χ4n) is 4.51. The molecule has 132 valence electrons. The van der Waals surface area contributed by atoms with E-state index in [1.807, 2.05) is 0 Å². The minimum absolute atomic E-state index is 0.260. The summed E-state index contributed by atoms with van der Waals surface area (Å²) in [4.78, 5) is 7.54. The Balaban J connectivity index is 1.67.